The molecule has 18 heavy (non-hydrogen) atoms. The van der Waals surface area contributed by atoms with Gasteiger partial charge in [0.15, 0.2) is 0 Å². The Morgan fingerprint density at radius 3 is 2.22 bits per heavy atom. The van der Waals surface area contributed by atoms with Crippen LogP contribution in [-0.4, -0.2) is 0 Å². The van der Waals surface area contributed by atoms with Crippen LogP contribution in [0.15, 0.2) is 27.4 Å². The van der Waals surface area contributed by atoms with E-state index < -0.39 is 0 Å². The molecular weight excluding hydrogens is 224 g/mol. The van der Waals surface area contributed by atoms with Gasteiger partial charge in [-0.05, 0) is 37.5 Å². The molecule has 2 rings (SSSR count). The number of hydrogen-bond acceptors (Lipinski definition) is 2. The minimum Gasteiger partial charge on any atom is -0.423 e. The second-order valence-electron chi connectivity index (χ2n) is 4.05. The zero-order chi connectivity index (χ0) is 13.7. The lowest BCUT2D eigenvalue weighted by Gasteiger charge is -2.08. The first-order valence-corrected chi connectivity index (χ1v) is 6.72. The van der Waals surface area contributed by atoms with Crippen molar-refractivity contribution >= 4 is 11.0 Å². The molecule has 0 N–H and O–H groups in total. The molecular formula is C16H22O2. The Labute approximate surface area is 109 Å². The molecule has 1 aromatic carbocycles. The highest BCUT2D eigenvalue weighted by Crippen LogP contribution is 2.22. The van der Waals surface area contributed by atoms with E-state index in [1.807, 2.05) is 32.9 Å². The molecule has 0 aliphatic heterocycles. The molecule has 98 valence electrons. The Balaban J connectivity index is 0.000000771. The van der Waals surface area contributed by atoms with Crippen molar-refractivity contribution in [2.75, 3.05) is 0 Å². The van der Waals surface area contributed by atoms with Gasteiger partial charge in [-0.15, -0.1) is 0 Å². The zero-order valence-electron chi connectivity index (χ0n) is 12.0. The smallest absolute Gasteiger partial charge is 0.339 e. The Hall–Kier alpha value is -1.57. The Bertz CT molecular complexity index is 579. The largest absolute Gasteiger partial charge is 0.423 e. The predicted octanol–water partition coefficient (Wildman–Crippen LogP) is 4.25. The van der Waals surface area contributed by atoms with E-state index in [-0.39, 0.29) is 5.63 Å². The van der Waals surface area contributed by atoms with E-state index in [0.717, 1.165) is 29.4 Å². The van der Waals surface area contributed by atoms with Crippen LogP contribution in [0.25, 0.3) is 11.0 Å². The van der Waals surface area contributed by atoms with E-state index in [0.29, 0.717) is 5.58 Å². The maximum Gasteiger partial charge on any atom is 0.339 e. The van der Waals surface area contributed by atoms with Gasteiger partial charge in [-0.25, -0.2) is 4.79 Å². The van der Waals surface area contributed by atoms with Gasteiger partial charge in [0, 0.05) is 10.9 Å². The van der Waals surface area contributed by atoms with Crippen molar-refractivity contribution in [3.8, 4) is 0 Å². The Kier molecular flexibility index (Phi) is 5.14. The lowest BCUT2D eigenvalue weighted by Crippen LogP contribution is -2.10. The van der Waals surface area contributed by atoms with E-state index in [9.17, 15) is 4.79 Å². The van der Waals surface area contributed by atoms with Crippen molar-refractivity contribution in [1.29, 1.82) is 0 Å². The van der Waals surface area contributed by atoms with Crippen LogP contribution in [0.3, 0.4) is 0 Å². The van der Waals surface area contributed by atoms with Crippen molar-refractivity contribution in [2.24, 2.45) is 0 Å². The molecule has 0 fully saturated rings. The average Bonchev–Trinajstić information content (AvgIpc) is 2.40. The van der Waals surface area contributed by atoms with E-state index in [1.165, 1.54) is 5.56 Å². The molecule has 0 aliphatic carbocycles. The molecule has 1 heterocycles. The quantitative estimate of drug-likeness (QED) is 0.741. The predicted molar refractivity (Wildman–Crippen MR) is 77.3 cm³/mol. The molecule has 0 radical (unpaired) electrons. The fourth-order valence-corrected chi connectivity index (χ4v) is 2.18. The average molecular weight is 246 g/mol. The molecule has 2 heteroatoms. The van der Waals surface area contributed by atoms with Crippen molar-refractivity contribution in [3.05, 3.63) is 45.3 Å². The number of rotatable bonds is 2. The van der Waals surface area contributed by atoms with E-state index in [2.05, 4.69) is 19.9 Å². The maximum atomic E-state index is 11.8. The van der Waals surface area contributed by atoms with Gasteiger partial charge in [-0.2, -0.15) is 0 Å². The Morgan fingerprint density at radius 1 is 1.06 bits per heavy atom. The molecule has 0 saturated carbocycles. The molecule has 0 bridgehead atoms. The summed E-state index contributed by atoms with van der Waals surface area (Å²) in [5.74, 6) is 0. The first kappa shape index (κ1) is 14.5. The Morgan fingerprint density at radius 2 is 1.67 bits per heavy atom. The van der Waals surface area contributed by atoms with Crippen LogP contribution in [0.4, 0.5) is 0 Å². The first-order chi connectivity index (χ1) is 8.67. The standard InChI is InChI=1S/C14H16O2.C2H6/c1-4-10-11(5-2)14(15)16-13-7-6-9(3)8-12(10)13;1-2/h6-8H,4-5H2,1-3H3;1-2H3. The van der Waals surface area contributed by atoms with Gasteiger partial charge in [0.1, 0.15) is 5.58 Å². The molecule has 0 spiro atoms. The molecule has 0 atom stereocenters. The highest BCUT2D eigenvalue weighted by Gasteiger charge is 2.11. The van der Waals surface area contributed by atoms with Crippen molar-refractivity contribution in [3.63, 3.8) is 0 Å². The molecule has 2 aromatic rings. The SMILES string of the molecule is CC.CCc1c(CC)c2cc(C)ccc2oc1=O. The lowest BCUT2D eigenvalue weighted by molar-refractivity contribution is 0.548. The summed E-state index contributed by atoms with van der Waals surface area (Å²) in [5.41, 5.74) is 3.66. The molecule has 0 aliphatic rings. The van der Waals surface area contributed by atoms with Crippen molar-refractivity contribution < 1.29 is 4.42 Å². The summed E-state index contributed by atoms with van der Waals surface area (Å²) in [5, 5.41) is 1.08. The van der Waals surface area contributed by atoms with Crippen LogP contribution in [0, 0.1) is 6.92 Å². The molecule has 0 saturated heterocycles. The van der Waals surface area contributed by atoms with Gasteiger partial charge in [0.2, 0.25) is 0 Å². The van der Waals surface area contributed by atoms with E-state index in [4.69, 9.17) is 4.42 Å². The summed E-state index contributed by atoms with van der Waals surface area (Å²) >= 11 is 0. The third-order valence-corrected chi connectivity index (χ3v) is 2.98. The number of aryl methyl sites for hydroxylation is 2. The summed E-state index contributed by atoms with van der Waals surface area (Å²) in [6, 6.07) is 5.94. The third-order valence-electron chi connectivity index (χ3n) is 2.98. The summed E-state index contributed by atoms with van der Waals surface area (Å²) in [6.45, 7) is 10.1. The first-order valence-electron chi connectivity index (χ1n) is 6.72. The topological polar surface area (TPSA) is 30.2 Å². The van der Waals surface area contributed by atoms with Gasteiger partial charge >= 0.3 is 5.63 Å². The minimum atomic E-state index is -0.185. The van der Waals surface area contributed by atoms with Crippen LogP contribution in [0.5, 0.6) is 0 Å². The van der Waals surface area contributed by atoms with Gasteiger partial charge < -0.3 is 4.42 Å². The van der Waals surface area contributed by atoms with Gasteiger partial charge in [0.25, 0.3) is 0 Å². The molecule has 1 aromatic heterocycles. The highest BCUT2D eigenvalue weighted by atomic mass is 16.4. The zero-order valence-corrected chi connectivity index (χ0v) is 12.0. The van der Waals surface area contributed by atoms with Crippen LogP contribution in [0.2, 0.25) is 0 Å². The summed E-state index contributed by atoms with van der Waals surface area (Å²) in [7, 11) is 0. The molecule has 0 unspecified atom stereocenters. The van der Waals surface area contributed by atoms with Crippen molar-refractivity contribution in [1.82, 2.24) is 0 Å². The van der Waals surface area contributed by atoms with Gasteiger partial charge in [-0.1, -0.05) is 39.3 Å². The minimum absolute atomic E-state index is 0.185. The summed E-state index contributed by atoms with van der Waals surface area (Å²) < 4.78 is 5.33. The fraction of sp³-hybridized carbons (Fsp3) is 0.438. The van der Waals surface area contributed by atoms with Crippen LogP contribution in [-0.2, 0) is 12.8 Å². The second-order valence-corrected chi connectivity index (χ2v) is 4.05. The second kappa shape index (κ2) is 6.39. The lowest BCUT2D eigenvalue weighted by atomic mass is 9.99. The monoisotopic (exact) mass is 246 g/mol. The van der Waals surface area contributed by atoms with E-state index in [1.54, 1.807) is 0 Å². The summed E-state index contributed by atoms with van der Waals surface area (Å²) in [4.78, 5) is 11.8. The fourth-order valence-electron chi connectivity index (χ4n) is 2.18. The number of hydrogen-bond donors (Lipinski definition) is 0. The van der Waals surface area contributed by atoms with Crippen LogP contribution >= 0.6 is 0 Å². The van der Waals surface area contributed by atoms with Crippen LogP contribution in [0.1, 0.15) is 44.4 Å². The van der Waals surface area contributed by atoms with Crippen LogP contribution < -0.4 is 5.63 Å². The van der Waals surface area contributed by atoms with Crippen molar-refractivity contribution in [2.45, 2.75) is 47.5 Å². The number of benzene rings is 1. The normalized spacial score (nSPS) is 10.1. The highest BCUT2D eigenvalue weighted by molar-refractivity contribution is 5.82. The molecule has 2 nitrogen and oxygen atoms in total. The third kappa shape index (κ3) is 2.63. The summed E-state index contributed by atoms with van der Waals surface area (Å²) in [6.07, 6.45) is 1.60. The maximum absolute atomic E-state index is 11.8. The van der Waals surface area contributed by atoms with Gasteiger partial charge in [0.05, 0.1) is 0 Å². The van der Waals surface area contributed by atoms with Gasteiger partial charge in [-0.3, -0.25) is 0 Å². The van der Waals surface area contributed by atoms with E-state index >= 15 is 0 Å². The number of fused-ring (bicyclic) bond motifs is 1. The molecule has 0 amide bonds.